The van der Waals surface area contributed by atoms with Gasteiger partial charge in [-0.1, -0.05) is 0 Å². The molecule has 1 amide bonds. The van der Waals surface area contributed by atoms with E-state index in [4.69, 9.17) is 9.68 Å². The SMILES string of the molecule is CCN(CCC#N)C(=O)c1cc(C)oc1C. The molecule has 0 aromatic carbocycles. The number of rotatable bonds is 4. The highest BCUT2D eigenvalue weighted by Crippen LogP contribution is 2.16. The normalized spacial score (nSPS) is 9.88. The third kappa shape index (κ3) is 2.63. The van der Waals surface area contributed by atoms with Crippen LogP contribution in [0.2, 0.25) is 0 Å². The smallest absolute Gasteiger partial charge is 0.257 e. The van der Waals surface area contributed by atoms with Gasteiger partial charge in [-0.3, -0.25) is 4.79 Å². The summed E-state index contributed by atoms with van der Waals surface area (Å²) in [5.41, 5.74) is 0.595. The van der Waals surface area contributed by atoms with Crippen LogP contribution in [0.4, 0.5) is 0 Å². The van der Waals surface area contributed by atoms with Gasteiger partial charge in [-0.05, 0) is 26.8 Å². The standard InChI is InChI=1S/C12H16N2O2/c1-4-14(7-5-6-13)12(15)11-8-9(2)16-10(11)3/h8H,4-5,7H2,1-3H3. The fourth-order valence-electron chi connectivity index (χ4n) is 1.60. The summed E-state index contributed by atoms with van der Waals surface area (Å²) < 4.78 is 5.32. The van der Waals surface area contributed by atoms with Crippen molar-refractivity contribution in [2.75, 3.05) is 13.1 Å². The van der Waals surface area contributed by atoms with E-state index in [-0.39, 0.29) is 5.91 Å². The Hall–Kier alpha value is -1.76. The highest BCUT2D eigenvalue weighted by molar-refractivity contribution is 5.95. The van der Waals surface area contributed by atoms with Crippen molar-refractivity contribution in [3.8, 4) is 6.07 Å². The van der Waals surface area contributed by atoms with Crippen LogP contribution in [0.15, 0.2) is 10.5 Å². The number of hydrogen-bond donors (Lipinski definition) is 0. The first-order chi connectivity index (χ1) is 7.60. The first-order valence-corrected chi connectivity index (χ1v) is 5.33. The van der Waals surface area contributed by atoms with Gasteiger partial charge in [0.05, 0.1) is 18.1 Å². The lowest BCUT2D eigenvalue weighted by Crippen LogP contribution is -2.31. The minimum absolute atomic E-state index is 0.0629. The van der Waals surface area contributed by atoms with Gasteiger partial charge in [0.1, 0.15) is 11.5 Å². The van der Waals surface area contributed by atoms with Gasteiger partial charge < -0.3 is 9.32 Å². The monoisotopic (exact) mass is 220 g/mol. The Bertz CT molecular complexity index is 415. The number of carbonyl (C=O) groups excluding carboxylic acids is 1. The van der Waals surface area contributed by atoms with Gasteiger partial charge in [0.2, 0.25) is 0 Å². The van der Waals surface area contributed by atoms with Crippen LogP contribution in [0.25, 0.3) is 0 Å². The number of hydrogen-bond acceptors (Lipinski definition) is 3. The van der Waals surface area contributed by atoms with Gasteiger partial charge in [0.15, 0.2) is 0 Å². The molecule has 0 spiro atoms. The van der Waals surface area contributed by atoms with E-state index in [9.17, 15) is 4.79 Å². The second kappa shape index (κ2) is 5.36. The van der Waals surface area contributed by atoms with Crippen molar-refractivity contribution < 1.29 is 9.21 Å². The zero-order valence-electron chi connectivity index (χ0n) is 9.91. The maximum atomic E-state index is 12.1. The lowest BCUT2D eigenvalue weighted by molar-refractivity contribution is 0.0766. The number of nitrogens with zero attached hydrogens (tertiary/aromatic N) is 2. The molecule has 0 unspecified atom stereocenters. The van der Waals surface area contributed by atoms with Crippen LogP contribution < -0.4 is 0 Å². The molecule has 4 nitrogen and oxygen atoms in total. The van der Waals surface area contributed by atoms with Gasteiger partial charge in [0, 0.05) is 13.1 Å². The van der Waals surface area contributed by atoms with E-state index in [1.807, 2.05) is 19.9 Å². The molecule has 0 aliphatic heterocycles. The summed E-state index contributed by atoms with van der Waals surface area (Å²) in [6.45, 7) is 6.56. The Labute approximate surface area is 95.5 Å². The first kappa shape index (κ1) is 12.3. The van der Waals surface area contributed by atoms with E-state index < -0.39 is 0 Å². The highest BCUT2D eigenvalue weighted by Gasteiger charge is 2.18. The van der Waals surface area contributed by atoms with Crippen LogP contribution in [-0.4, -0.2) is 23.9 Å². The molecular formula is C12H16N2O2. The summed E-state index contributed by atoms with van der Waals surface area (Å²) in [6, 6.07) is 3.78. The summed E-state index contributed by atoms with van der Waals surface area (Å²) in [5, 5.41) is 8.52. The molecule has 86 valence electrons. The van der Waals surface area contributed by atoms with Gasteiger partial charge in [-0.25, -0.2) is 0 Å². The Balaban J connectivity index is 2.83. The van der Waals surface area contributed by atoms with Crippen molar-refractivity contribution in [1.82, 2.24) is 4.90 Å². The Morgan fingerprint density at radius 3 is 2.69 bits per heavy atom. The van der Waals surface area contributed by atoms with E-state index in [0.29, 0.717) is 30.8 Å². The maximum absolute atomic E-state index is 12.1. The fraction of sp³-hybridized carbons (Fsp3) is 0.500. The summed E-state index contributed by atoms with van der Waals surface area (Å²) in [6.07, 6.45) is 0.357. The van der Waals surface area contributed by atoms with E-state index in [1.54, 1.807) is 17.9 Å². The number of carbonyl (C=O) groups is 1. The van der Waals surface area contributed by atoms with Crippen LogP contribution in [0.3, 0.4) is 0 Å². The molecule has 1 rings (SSSR count). The summed E-state index contributed by atoms with van der Waals surface area (Å²) in [4.78, 5) is 13.7. The lowest BCUT2D eigenvalue weighted by atomic mass is 10.2. The van der Waals surface area contributed by atoms with E-state index in [0.717, 1.165) is 5.76 Å². The summed E-state index contributed by atoms with van der Waals surface area (Å²) in [7, 11) is 0. The van der Waals surface area contributed by atoms with E-state index in [2.05, 4.69) is 0 Å². The Morgan fingerprint density at radius 1 is 1.56 bits per heavy atom. The van der Waals surface area contributed by atoms with Gasteiger partial charge in [0.25, 0.3) is 5.91 Å². The predicted molar refractivity (Wildman–Crippen MR) is 60.0 cm³/mol. The summed E-state index contributed by atoms with van der Waals surface area (Å²) in [5.74, 6) is 1.31. The second-order valence-corrected chi connectivity index (χ2v) is 3.62. The van der Waals surface area contributed by atoms with Crippen LogP contribution in [0.1, 0.15) is 35.2 Å². The molecule has 1 heterocycles. The molecule has 0 bridgehead atoms. The number of nitriles is 1. The quantitative estimate of drug-likeness (QED) is 0.782. The average Bonchev–Trinajstić information content (AvgIpc) is 2.58. The van der Waals surface area contributed by atoms with E-state index in [1.165, 1.54) is 0 Å². The molecule has 1 aromatic heterocycles. The third-order valence-corrected chi connectivity index (χ3v) is 2.43. The third-order valence-electron chi connectivity index (χ3n) is 2.43. The van der Waals surface area contributed by atoms with Crippen molar-refractivity contribution in [3.63, 3.8) is 0 Å². The van der Waals surface area contributed by atoms with Crippen LogP contribution in [0, 0.1) is 25.2 Å². The largest absolute Gasteiger partial charge is 0.466 e. The maximum Gasteiger partial charge on any atom is 0.257 e. The minimum atomic E-state index is -0.0629. The van der Waals surface area contributed by atoms with Crippen molar-refractivity contribution in [3.05, 3.63) is 23.2 Å². The second-order valence-electron chi connectivity index (χ2n) is 3.62. The molecule has 0 radical (unpaired) electrons. The number of aryl methyl sites for hydroxylation is 2. The molecule has 0 N–H and O–H groups in total. The predicted octanol–water partition coefficient (Wildman–Crippen LogP) is 2.27. The zero-order chi connectivity index (χ0) is 12.1. The van der Waals surface area contributed by atoms with Gasteiger partial charge in [-0.2, -0.15) is 5.26 Å². The molecule has 0 aliphatic rings. The van der Waals surface area contributed by atoms with Crippen LogP contribution in [0.5, 0.6) is 0 Å². The topological polar surface area (TPSA) is 57.2 Å². The molecule has 0 aliphatic carbocycles. The molecule has 1 aromatic rings. The van der Waals surface area contributed by atoms with Crippen LogP contribution >= 0.6 is 0 Å². The van der Waals surface area contributed by atoms with Crippen molar-refractivity contribution in [1.29, 1.82) is 5.26 Å². The highest BCUT2D eigenvalue weighted by atomic mass is 16.3. The van der Waals surface area contributed by atoms with Crippen molar-refractivity contribution in [2.45, 2.75) is 27.2 Å². The molecule has 16 heavy (non-hydrogen) atoms. The Kier molecular flexibility index (Phi) is 4.12. The van der Waals surface area contributed by atoms with Gasteiger partial charge in [-0.15, -0.1) is 0 Å². The minimum Gasteiger partial charge on any atom is -0.466 e. The van der Waals surface area contributed by atoms with Crippen molar-refractivity contribution in [2.24, 2.45) is 0 Å². The van der Waals surface area contributed by atoms with Gasteiger partial charge >= 0.3 is 0 Å². The molecule has 0 saturated heterocycles. The zero-order valence-corrected chi connectivity index (χ0v) is 9.91. The van der Waals surface area contributed by atoms with Crippen LogP contribution in [-0.2, 0) is 0 Å². The fourth-order valence-corrected chi connectivity index (χ4v) is 1.60. The molecule has 0 fully saturated rings. The molecule has 0 saturated carbocycles. The summed E-state index contributed by atoms with van der Waals surface area (Å²) >= 11 is 0. The Morgan fingerprint density at radius 2 is 2.25 bits per heavy atom. The number of furan rings is 1. The van der Waals surface area contributed by atoms with E-state index >= 15 is 0 Å². The first-order valence-electron chi connectivity index (χ1n) is 5.33. The average molecular weight is 220 g/mol. The van der Waals surface area contributed by atoms with Crippen molar-refractivity contribution >= 4 is 5.91 Å². The number of amides is 1. The molecule has 0 atom stereocenters. The molecule has 4 heteroatoms. The lowest BCUT2D eigenvalue weighted by Gasteiger charge is -2.18. The molecular weight excluding hydrogens is 204 g/mol.